The van der Waals surface area contributed by atoms with Gasteiger partial charge in [-0.25, -0.2) is 4.39 Å². The van der Waals surface area contributed by atoms with Crippen LogP contribution in [0.25, 0.3) is 0 Å². The number of amides is 1. The van der Waals surface area contributed by atoms with E-state index >= 15 is 4.39 Å². The first-order valence-corrected chi connectivity index (χ1v) is 13.7. The number of halogens is 5. The fraction of sp³-hybridized carbons (Fsp3) is 0.517. The van der Waals surface area contributed by atoms with Crippen LogP contribution in [0.1, 0.15) is 66.8 Å². The molecule has 2 fully saturated rings. The first-order chi connectivity index (χ1) is 19.7. The van der Waals surface area contributed by atoms with Crippen molar-refractivity contribution in [3.63, 3.8) is 0 Å². The van der Waals surface area contributed by atoms with Crippen molar-refractivity contribution in [2.24, 2.45) is 17.9 Å². The van der Waals surface area contributed by atoms with E-state index in [4.69, 9.17) is 0 Å². The Kier molecular flexibility index (Phi) is 7.53. The van der Waals surface area contributed by atoms with Gasteiger partial charge in [0.05, 0.1) is 17.8 Å². The van der Waals surface area contributed by atoms with E-state index < -0.39 is 53.1 Å². The van der Waals surface area contributed by atoms with Gasteiger partial charge < -0.3 is 19.8 Å². The van der Waals surface area contributed by atoms with E-state index in [-0.39, 0.29) is 23.2 Å². The number of hydrogen-bond donors (Lipinski definition) is 2. The van der Waals surface area contributed by atoms with Gasteiger partial charge in [0, 0.05) is 31.7 Å². The third kappa shape index (κ3) is 5.97. The van der Waals surface area contributed by atoms with Crippen molar-refractivity contribution in [1.29, 1.82) is 0 Å². The van der Waals surface area contributed by atoms with Crippen molar-refractivity contribution in [3.8, 4) is 0 Å². The number of nitrogens with zero attached hydrogens (tertiary/aromatic N) is 4. The average molecular weight is 593 g/mol. The van der Waals surface area contributed by atoms with E-state index in [2.05, 4.69) is 34.7 Å². The largest absolute Gasteiger partial charge is 0.406 e. The van der Waals surface area contributed by atoms with Crippen molar-refractivity contribution in [3.05, 3.63) is 75.5 Å². The molecule has 0 spiro atoms. The quantitative estimate of drug-likeness (QED) is 0.328. The van der Waals surface area contributed by atoms with Crippen LogP contribution in [0, 0.1) is 16.6 Å². The Hall–Kier alpha value is -3.61. The molecule has 0 atom stereocenters. The minimum Gasteiger partial charge on any atom is -0.320 e. The third-order valence-electron chi connectivity index (χ3n) is 8.27. The van der Waals surface area contributed by atoms with Crippen LogP contribution in [0.2, 0.25) is 0 Å². The number of nitrogens with one attached hydrogen (secondary N) is 2. The zero-order chi connectivity index (χ0) is 30.5. The molecule has 2 aliphatic rings. The molecule has 0 radical (unpaired) electrons. The van der Waals surface area contributed by atoms with Crippen LogP contribution in [0.3, 0.4) is 0 Å². The number of carbonyl (C=O) groups excluding carboxylic acids is 1. The van der Waals surface area contributed by atoms with Gasteiger partial charge in [0.1, 0.15) is 30.1 Å². The minimum atomic E-state index is -4.72. The molecule has 1 amide bonds. The highest BCUT2D eigenvalue weighted by atomic mass is 19.4. The molecule has 3 aromatic rings. The molecule has 0 bridgehead atoms. The van der Waals surface area contributed by atoms with E-state index in [1.807, 2.05) is 7.05 Å². The summed E-state index contributed by atoms with van der Waals surface area (Å²) in [6.07, 6.45) is 0.666. The second kappa shape index (κ2) is 10.6. The van der Waals surface area contributed by atoms with E-state index in [0.29, 0.717) is 48.2 Å². The molecule has 226 valence electrons. The van der Waals surface area contributed by atoms with Crippen LogP contribution in [-0.4, -0.2) is 44.6 Å². The molecule has 8 nitrogen and oxygen atoms in total. The minimum absolute atomic E-state index is 0.0139. The molecule has 1 aromatic carbocycles. The van der Waals surface area contributed by atoms with Crippen LogP contribution >= 0.6 is 0 Å². The molecule has 5 rings (SSSR count). The molecule has 0 unspecified atom stereocenters. The van der Waals surface area contributed by atoms with Gasteiger partial charge in [0.25, 0.3) is 11.5 Å². The molecular weight excluding hydrogens is 559 g/mol. The highest BCUT2D eigenvalue weighted by Crippen LogP contribution is 2.58. The number of benzene rings is 1. The SMILES string of the molecule is Cn1cnnc1C1(c2ccc(F)c(NC(=O)c3cc(CNCC4(CF)CC4)cn(CC(F)(F)F)c3=O)c2)CC(C)(C)C1. The zero-order valence-corrected chi connectivity index (χ0v) is 23.6. The summed E-state index contributed by atoms with van der Waals surface area (Å²) in [5.41, 5.74) is -2.12. The molecule has 2 aromatic heterocycles. The van der Waals surface area contributed by atoms with Crippen LogP contribution in [0.4, 0.5) is 27.6 Å². The van der Waals surface area contributed by atoms with Crippen molar-refractivity contribution < 1.29 is 26.7 Å². The number of alkyl halides is 4. The number of carbonyl (C=O) groups is 1. The molecule has 42 heavy (non-hydrogen) atoms. The molecule has 2 N–H and O–H groups in total. The summed E-state index contributed by atoms with van der Waals surface area (Å²) in [6.45, 7) is 2.41. The van der Waals surface area contributed by atoms with Gasteiger partial charge in [-0.15, -0.1) is 10.2 Å². The smallest absolute Gasteiger partial charge is 0.320 e. The van der Waals surface area contributed by atoms with E-state index in [0.717, 1.165) is 6.20 Å². The Labute approximate surface area is 239 Å². The fourth-order valence-corrected chi connectivity index (χ4v) is 6.17. The summed E-state index contributed by atoms with van der Waals surface area (Å²) in [5.74, 6) is -1.13. The molecule has 13 heteroatoms. The summed E-state index contributed by atoms with van der Waals surface area (Å²) in [4.78, 5) is 26.3. The van der Waals surface area contributed by atoms with Crippen LogP contribution in [-0.2, 0) is 25.6 Å². The second-order valence-electron chi connectivity index (χ2n) is 12.6. The maximum Gasteiger partial charge on any atom is 0.406 e. The third-order valence-corrected chi connectivity index (χ3v) is 8.27. The lowest BCUT2D eigenvalue weighted by Crippen LogP contribution is -2.49. The van der Waals surface area contributed by atoms with Crippen molar-refractivity contribution in [1.82, 2.24) is 24.6 Å². The van der Waals surface area contributed by atoms with Gasteiger partial charge in [-0.3, -0.25) is 14.0 Å². The number of anilines is 1. The lowest BCUT2D eigenvalue weighted by molar-refractivity contribution is -0.141. The summed E-state index contributed by atoms with van der Waals surface area (Å²) < 4.78 is 70.2. The lowest BCUT2D eigenvalue weighted by atomic mass is 9.51. The maximum absolute atomic E-state index is 15.0. The highest BCUT2D eigenvalue weighted by Gasteiger charge is 2.54. The van der Waals surface area contributed by atoms with Crippen LogP contribution in [0.15, 0.2) is 41.6 Å². The van der Waals surface area contributed by atoms with Crippen LogP contribution in [0.5, 0.6) is 0 Å². The van der Waals surface area contributed by atoms with Gasteiger partial charge >= 0.3 is 6.18 Å². The zero-order valence-electron chi connectivity index (χ0n) is 23.6. The highest BCUT2D eigenvalue weighted by molar-refractivity contribution is 6.04. The predicted octanol–water partition coefficient (Wildman–Crippen LogP) is 4.88. The summed E-state index contributed by atoms with van der Waals surface area (Å²) in [6, 6.07) is 5.48. The molecular formula is C29H33F5N6O2. The topological polar surface area (TPSA) is 93.8 Å². The summed E-state index contributed by atoms with van der Waals surface area (Å²) in [5, 5.41) is 13.7. The van der Waals surface area contributed by atoms with Gasteiger partial charge in [-0.1, -0.05) is 19.9 Å². The standard InChI is InChI=1S/C29H33F5N6O2/c1-26(2)12-28(13-26,25-38-36-17-39(25)3)19-4-5-21(31)22(9-19)37-23(41)20-8-18(10-35-15-27(14-30)6-7-27)11-40(24(20)42)16-29(32,33)34/h4-5,8-9,11,17,35H,6-7,10,12-16H2,1-3H3,(H,37,41). The molecule has 2 aliphatic carbocycles. The second-order valence-corrected chi connectivity index (χ2v) is 12.6. The van der Waals surface area contributed by atoms with Gasteiger partial charge in [0.15, 0.2) is 0 Å². The predicted molar refractivity (Wildman–Crippen MR) is 145 cm³/mol. The molecule has 0 saturated heterocycles. The van der Waals surface area contributed by atoms with Crippen molar-refractivity contribution >= 4 is 11.6 Å². The van der Waals surface area contributed by atoms with Crippen molar-refractivity contribution in [2.75, 3.05) is 18.5 Å². The molecule has 2 heterocycles. The number of rotatable bonds is 10. The number of pyridine rings is 1. The molecule has 2 saturated carbocycles. The van der Waals surface area contributed by atoms with Gasteiger partial charge in [0.2, 0.25) is 0 Å². The number of aromatic nitrogens is 4. The lowest BCUT2D eigenvalue weighted by Gasteiger charge is -2.52. The van der Waals surface area contributed by atoms with E-state index in [1.54, 1.807) is 17.0 Å². The van der Waals surface area contributed by atoms with Gasteiger partial charge in [-0.2, -0.15) is 13.2 Å². The first-order valence-electron chi connectivity index (χ1n) is 13.7. The summed E-state index contributed by atoms with van der Waals surface area (Å²) in [7, 11) is 1.81. The normalized spacial score (nSPS) is 18.4. The number of hydrogen-bond acceptors (Lipinski definition) is 5. The fourth-order valence-electron chi connectivity index (χ4n) is 6.17. The Bertz CT molecular complexity index is 1550. The Morgan fingerprint density at radius 2 is 1.86 bits per heavy atom. The maximum atomic E-state index is 15.0. The summed E-state index contributed by atoms with van der Waals surface area (Å²) >= 11 is 0. The van der Waals surface area contributed by atoms with Crippen molar-refractivity contribution in [2.45, 2.75) is 64.2 Å². The number of aryl methyl sites for hydroxylation is 1. The van der Waals surface area contributed by atoms with E-state index in [9.17, 15) is 27.2 Å². The average Bonchev–Trinajstić information content (AvgIpc) is 3.54. The first kappa shape index (κ1) is 29.9. The Balaban J connectivity index is 1.45. The monoisotopic (exact) mass is 592 g/mol. The Morgan fingerprint density at radius 1 is 1.14 bits per heavy atom. The van der Waals surface area contributed by atoms with E-state index in [1.165, 1.54) is 18.2 Å². The van der Waals surface area contributed by atoms with Crippen LogP contribution < -0.4 is 16.2 Å². The van der Waals surface area contributed by atoms with Gasteiger partial charge in [-0.05, 0) is 60.4 Å². The molecule has 0 aliphatic heterocycles. The Morgan fingerprint density at radius 3 is 2.43 bits per heavy atom.